The Balaban J connectivity index is 1.81. The number of carbonyl (C=O) groups is 1. The van der Waals surface area contributed by atoms with E-state index >= 15 is 0 Å². The van der Waals surface area contributed by atoms with Gasteiger partial charge in [0.2, 0.25) is 5.91 Å². The Morgan fingerprint density at radius 1 is 1.12 bits per heavy atom. The normalized spacial score (nSPS) is 16.5. The van der Waals surface area contributed by atoms with E-state index in [1.54, 1.807) is 6.07 Å². The molecule has 1 aliphatic carbocycles. The molecule has 0 heterocycles. The van der Waals surface area contributed by atoms with Gasteiger partial charge in [-0.3, -0.25) is 10.1 Å². The van der Waals surface area contributed by atoms with Crippen LogP contribution in [0.5, 0.6) is 0 Å². The van der Waals surface area contributed by atoms with Crippen molar-refractivity contribution >= 4 is 29.1 Å². The minimum atomic E-state index is -0.423. The molecule has 2 atom stereocenters. The molecule has 0 spiro atoms. The van der Waals surface area contributed by atoms with Crippen molar-refractivity contribution < 1.29 is 4.79 Å². The molecule has 2 unspecified atom stereocenters. The van der Waals surface area contributed by atoms with Crippen LogP contribution in [0.15, 0.2) is 48.5 Å². The van der Waals surface area contributed by atoms with E-state index in [1.165, 1.54) is 0 Å². The monoisotopic (exact) mass is 362 g/mol. The van der Waals surface area contributed by atoms with Crippen LogP contribution >= 0.6 is 23.2 Å². The summed E-state index contributed by atoms with van der Waals surface area (Å²) in [5.41, 5.74) is 1.86. The van der Waals surface area contributed by atoms with Crippen LogP contribution < -0.4 is 10.6 Å². The Bertz CT molecular complexity index is 717. The molecule has 1 fully saturated rings. The lowest BCUT2D eigenvalue weighted by Gasteiger charge is -2.24. The first kappa shape index (κ1) is 17.3. The van der Waals surface area contributed by atoms with Crippen LogP contribution in [0, 0.1) is 0 Å². The summed E-state index contributed by atoms with van der Waals surface area (Å²) >= 11 is 12.3. The summed E-state index contributed by atoms with van der Waals surface area (Å²) in [4.78, 5) is 12.7. The molecule has 24 heavy (non-hydrogen) atoms. The summed E-state index contributed by atoms with van der Waals surface area (Å²) in [5, 5.41) is 7.67. The highest BCUT2D eigenvalue weighted by atomic mass is 35.5. The molecular weight excluding hydrogens is 343 g/mol. The Morgan fingerprint density at radius 3 is 2.46 bits per heavy atom. The van der Waals surface area contributed by atoms with Crippen molar-refractivity contribution in [3.63, 3.8) is 0 Å². The number of halogens is 2. The summed E-state index contributed by atoms with van der Waals surface area (Å²) in [6.45, 7) is 2.00. The number of rotatable bonds is 6. The van der Waals surface area contributed by atoms with E-state index in [0.717, 1.165) is 24.0 Å². The van der Waals surface area contributed by atoms with E-state index < -0.39 is 6.04 Å². The summed E-state index contributed by atoms with van der Waals surface area (Å²) in [5.74, 6) is 0.000589. The molecule has 2 aromatic carbocycles. The van der Waals surface area contributed by atoms with Gasteiger partial charge in [-0.1, -0.05) is 59.6 Å². The van der Waals surface area contributed by atoms with Crippen molar-refractivity contribution in [2.75, 3.05) is 0 Å². The van der Waals surface area contributed by atoms with Gasteiger partial charge >= 0.3 is 0 Å². The number of benzene rings is 2. The van der Waals surface area contributed by atoms with Gasteiger partial charge in [-0.15, -0.1) is 0 Å². The topological polar surface area (TPSA) is 41.1 Å². The highest BCUT2D eigenvalue weighted by Gasteiger charge is 2.29. The first-order chi connectivity index (χ1) is 11.5. The van der Waals surface area contributed by atoms with Crippen LogP contribution in [0.2, 0.25) is 10.0 Å². The highest BCUT2D eigenvalue weighted by molar-refractivity contribution is 6.35. The molecule has 1 aliphatic rings. The van der Waals surface area contributed by atoms with Gasteiger partial charge in [0, 0.05) is 22.1 Å². The van der Waals surface area contributed by atoms with Gasteiger partial charge in [-0.25, -0.2) is 0 Å². The molecule has 3 nitrogen and oxygen atoms in total. The number of hydrogen-bond donors (Lipinski definition) is 2. The second-order valence-electron chi connectivity index (χ2n) is 6.18. The van der Waals surface area contributed by atoms with E-state index in [1.807, 2.05) is 49.4 Å². The maximum atomic E-state index is 12.7. The highest BCUT2D eigenvalue weighted by Crippen LogP contribution is 2.29. The molecule has 2 aromatic rings. The fraction of sp³-hybridized carbons (Fsp3) is 0.316. The van der Waals surface area contributed by atoms with E-state index in [0.29, 0.717) is 16.1 Å². The van der Waals surface area contributed by atoms with E-state index in [4.69, 9.17) is 23.2 Å². The first-order valence-electron chi connectivity index (χ1n) is 8.11. The van der Waals surface area contributed by atoms with E-state index in [-0.39, 0.29) is 11.9 Å². The van der Waals surface area contributed by atoms with Crippen LogP contribution in [0.4, 0.5) is 0 Å². The standard InChI is InChI=1S/C19H20Cl2N2O/c1-12(16-10-7-14(20)11-17(16)21)22-18(13-5-3-2-4-6-13)19(24)23-15-8-9-15/h2-7,10-12,15,18,22H,8-9H2,1H3,(H,23,24). The third-order valence-corrected chi connectivity index (χ3v) is 4.73. The van der Waals surface area contributed by atoms with Crippen molar-refractivity contribution in [2.24, 2.45) is 0 Å². The molecule has 0 bridgehead atoms. The number of carbonyl (C=O) groups excluding carboxylic acids is 1. The Labute approximate surface area is 152 Å². The van der Waals surface area contributed by atoms with Crippen molar-refractivity contribution in [3.8, 4) is 0 Å². The van der Waals surface area contributed by atoms with Gasteiger partial charge in [0.1, 0.15) is 6.04 Å². The second-order valence-corrected chi connectivity index (χ2v) is 7.02. The molecule has 0 saturated heterocycles. The van der Waals surface area contributed by atoms with Gasteiger partial charge in [0.15, 0.2) is 0 Å². The smallest absolute Gasteiger partial charge is 0.241 e. The molecule has 0 aliphatic heterocycles. The zero-order valence-electron chi connectivity index (χ0n) is 13.4. The predicted molar refractivity (Wildman–Crippen MR) is 98.4 cm³/mol. The molecule has 1 saturated carbocycles. The fourth-order valence-corrected chi connectivity index (χ4v) is 3.25. The van der Waals surface area contributed by atoms with Crippen molar-refractivity contribution in [1.82, 2.24) is 10.6 Å². The van der Waals surface area contributed by atoms with E-state index in [2.05, 4.69) is 10.6 Å². The largest absolute Gasteiger partial charge is 0.352 e. The molecule has 3 rings (SSSR count). The number of hydrogen-bond acceptors (Lipinski definition) is 2. The number of amides is 1. The predicted octanol–water partition coefficient (Wildman–Crippen LogP) is 4.66. The minimum Gasteiger partial charge on any atom is -0.352 e. The molecule has 1 amide bonds. The molecular formula is C19H20Cl2N2O. The maximum absolute atomic E-state index is 12.7. The van der Waals surface area contributed by atoms with Crippen molar-refractivity contribution in [1.29, 1.82) is 0 Å². The average molecular weight is 363 g/mol. The Morgan fingerprint density at radius 2 is 1.83 bits per heavy atom. The quantitative estimate of drug-likeness (QED) is 0.784. The zero-order chi connectivity index (χ0) is 17.1. The fourth-order valence-electron chi connectivity index (χ4n) is 2.67. The van der Waals surface area contributed by atoms with Crippen LogP contribution in [-0.4, -0.2) is 11.9 Å². The van der Waals surface area contributed by atoms with E-state index in [9.17, 15) is 4.79 Å². The Hall–Kier alpha value is -1.55. The lowest BCUT2D eigenvalue weighted by Crippen LogP contribution is -2.39. The first-order valence-corrected chi connectivity index (χ1v) is 8.86. The molecule has 126 valence electrons. The van der Waals surface area contributed by atoms with Crippen LogP contribution in [0.1, 0.15) is 43.0 Å². The summed E-state index contributed by atoms with van der Waals surface area (Å²) < 4.78 is 0. The van der Waals surface area contributed by atoms with Crippen LogP contribution in [0.3, 0.4) is 0 Å². The molecule has 2 N–H and O–H groups in total. The minimum absolute atomic E-state index is 0.000589. The third-order valence-electron chi connectivity index (χ3n) is 4.16. The second kappa shape index (κ2) is 7.56. The van der Waals surface area contributed by atoms with Crippen LogP contribution in [0.25, 0.3) is 0 Å². The van der Waals surface area contributed by atoms with Gasteiger partial charge in [-0.2, -0.15) is 0 Å². The van der Waals surface area contributed by atoms with Crippen molar-refractivity contribution in [3.05, 3.63) is 69.7 Å². The van der Waals surface area contributed by atoms with Crippen molar-refractivity contribution in [2.45, 2.75) is 37.9 Å². The lowest BCUT2D eigenvalue weighted by atomic mass is 10.0. The van der Waals surface area contributed by atoms with Gasteiger partial charge in [0.25, 0.3) is 0 Å². The zero-order valence-corrected chi connectivity index (χ0v) is 14.9. The summed E-state index contributed by atoms with van der Waals surface area (Å²) in [7, 11) is 0. The third kappa shape index (κ3) is 4.29. The Kier molecular flexibility index (Phi) is 5.44. The summed E-state index contributed by atoms with van der Waals surface area (Å²) in [6.07, 6.45) is 2.12. The molecule has 5 heteroatoms. The summed E-state index contributed by atoms with van der Waals surface area (Å²) in [6, 6.07) is 15.0. The average Bonchev–Trinajstić information content (AvgIpc) is 3.37. The number of nitrogens with one attached hydrogen (secondary N) is 2. The molecule has 0 radical (unpaired) electrons. The lowest BCUT2D eigenvalue weighted by molar-refractivity contribution is -0.123. The van der Waals surface area contributed by atoms with Gasteiger partial charge in [-0.05, 0) is 43.0 Å². The maximum Gasteiger partial charge on any atom is 0.241 e. The van der Waals surface area contributed by atoms with Gasteiger partial charge < -0.3 is 5.32 Å². The SMILES string of the molecule is CC(NC(C(=O)NC1CC1)c1ccccc1)c1ccc(Cl)cc1Cl. The van der Waals surface area contributed by atoms with Crippen LogP contribution in [-0.2, 0) is 4.79 Å². The van der Waals surface area contributed by atoms with Gasteiger partial charge in [0.05, 0.1) is 0 Å². The molecule has 0 aromatic heterocycles.